The first kappa shape index (κ1) is 30.4. The van der Waals surface area contributed by atoms with Crippen LogP contribution in [0.2, 0.25) is 0 Å². The molecule has 0 fully saturated rings. The summed E-state index contributed by atoms with van der Waals surface area (Å²) in [5.41, 5.74) is 12.5. The average molecular weight is 714 g/mol. The Hall–Kier alpha value is -8.06. The number of hydrogen-bond donors (Lipinski definition) is 0. The summed E-state index contributed by atoms with van der Waals surface area (Å²) in [6.07, 6.45) is 0. The Morgan fingerprint density at radius 1 is 0.429 bits per heavy atom. The lowest BCUT2D eigenvalue weighted by molar-refractivity contribution is 0.669. The molecule has 0 atom stereocenters. The molecule has 0 saturated carbocycles. The van der Waals surface area contributed by atoms with Gasteiger partial charge in [0.1, 0.15) is 11.2 Å². The number of hydrogen-bond acceptors (Lipinski definition) is 2. The summed E-state index contributed by atoms with van der Waals surface area (Å²) in [4.78, 5) is 3.86. The van der Waals surface area contributed by atoms with Crippen molar-refractivity contribution in [1.29, 1.82) is 5.26 Å². The van der Waals surface area contributed by atoms with Crippen molar-refractivity contribution in [3.63, 3.8) is 0 Å². The maximum atomic E-state index is 9.67. The topological polar surface area (TPSA) is 56.1 Å². The van der Waals surface area contributed by atoms with Gasteiger partial charge in [-0.05, 0) is 109 Å². The lowest BCUT2D eigenvalue weighted by Crippen LogP contribution is -1.95. The predicted octanol–water partition coefficient (Wildman–Crippen LogP) is 13.3. The molecule has 0 unspecified atom stereocenters. The van der Waals surface area contributed by atoms with Crippen LogP contribution in [0.3, 0.4) is 0 Å². The minimum Gasteiger partial charge on any atom is -0.456 e. The number of benzene rings is 8. The lowest BCUT2D eigenvalue weighted by atomic mass is 10.0. The minimum atomic E-state index is 0.609. The van der Waals surface area contributed by atoms with Crippen LogP contribution < -0.4 is 0 Å². The van der Waals surface area contributed by atoms with Crippen LogP contribution in [0.15, 0.2) is 168 Å². The van der Waals surface area contributed by atoms with Gasteiger partial charge in [-0.25, -0.2) is 4.85 Å². The van der Waals surface area contributed by atoms with Crippen molar-refractivity contribution < 1.29 is 4.42 Å². The fourth-order valence-electron chi connectivity index (χ4n) is 9.11. The number of para-hydroxylation sites is 3. The van der Waals surface area contributed by atoms with E-state index in [4.69, 9.17) is 11.0 Å². The third-order valence-electron chi connectivity index (χ3n) is 11.4. The Kier molecular flexibility index (Phi) is 6.10. The molecule has 0 bridgehead atoms. The second kappa shape index (κ2) is 11.2. The molecule has 0 saturated heterocycles. The molecule has 6 nitrogen and oxygen atoms in total. The monoisotopic (exact) mass is 713 g/mol. The highest BCUT2D eigenvalue weighted by Crippen LogP contribution is 2.44. The van der Waals surface area contributed by atoms with Gasteiger partial charge in [0.05, 0.1) is 51.3 Å². The normalized spacial score (nSPS) is 11.9. The molecule has 0 aliphatic heterocycles. The van der Waals surface area contributed by atoms with E-state index in [1.165, 1.54) is 10.8 Å². The van der Waals surface area contributed by atoms with Gasteiger partial charge in [-0.15, -0.1) is 0 Å². The van der Waals surface area contributed by atoms with Crippen LogP contribution in [-0.4, -0.2) is 13.7 Å². The number of nitriles is 1. The summed E-state index contributed by atoms with van der Waals surface area (Å²) < 4.78 is 13.4. The van der Waals surface area contributed by atoms with Crippen LogP contribution in [-0.2, 0) is 0 Å². The molecule has 56 heavy (non-hydrogen) atoms. The number of furan rings is 1. The van der Waals surface area contributed by atoms with Crippen LogP contribution in [0.25, 0.3) is 109 Å². The minimum absolute atomic E-state index is 0.609. The van der Waals surface area contributed by atoms with Gasteiger partial charge in [-0.2, -0.15) is 5.26 Å². The third kappa shape index (κ3) is 4.07. The first-order valence-electron chi connectivity index (χ1n) is 18.5. The number of fused-ring (bicyclic) bond motifs is 13. The van der Waals surface area contributed by atoms with Crippen LogP contribution in [0, 0.1) is 17.9 Å². The smallest absolute Gasteiger partial charge is 0.188 e. The van der Waals surface area contributed by atoms with Crippen LogP contribution in [0.1, 0.15) is 5.56 Å². The van der Waals surface area contributed by atoms with Gasteiger partial charge in [0.2, 0.25) is 0 Å². The molecule has 258 valence electrons. The average Bonchev–Trinajstić information content (AvgIpc) is 3.99. The number of nitrogens with zero attached hydrogens (tertiary/aromatic N) is 5. The summed E-state index contributed by atoms with van der Waals surface area (Å²) >= 11 is 0. The van der Waals surface area contributed by atoms with Crippen molar-refractivity contribution in [2.45, 2.75) is 0 Å². The molecule has 0 radical (unpaired) electrons. The summed E-state index contributed by atoms with van der Waals surface area (Å²) in [7, 11) is 0. The molecule has 0 spiro atoms. The van der Waals surface area contributed by atoms with Gasteiger partial charge in [-0.3, -0.25) is 0 Å². The Labute approximate surface area is 319 Å². The van der Waals surface area contributed by atoms with E-state index in [0.29, 0.717) is 11.3 Å². The van der Waals surface area contributed by atoms with E-state index in [1.54, 1.807) is 0 Å². The zero-order chi connectivity index (χ0) is 37.1. The second-order valence-electron chi connectivity index (χ2n) is 14.3. The van der Waals surface area contributed by atoms with E-state index in [9.17, 15) is 5.26 Å². The molecular formula is C50H27N5O. The lowest BCUT2D eigenvalue weighted by Gasteiger charge is -2.10. The summed E-state index contributed by atoms with van der Waals surface area (Å²) in [5.74, 6) is 0. The van der Waals surface area contributed by atoms with Gasteiger partial charge in [-0.1, -0.05) is 60.7 Å². The molecule has 12 rings (SSSR count). The van der Waals surface area contributed by atoms with Crippen LogP contribution in [0.4, 0.5) is 5.69 Å². The van der Waals surface area contributed by atoms with E-state index < -0.39 is 0 Å². The fraction of sp³-hybridized carbons (Fsp3) is 0. The Bertz CT molecular complexity index is 3730. The maximum Gasteiger partial charge on any atom is 0.188 e. The highest BCUT2D eigenvalue weighted by Gasteiger charge is 2.22. The molecule has 4 aromatic heterocycles. The van der Waals surface area contributed by atoms with Gasteiger partial charge in [0.15, 0.2) is 5.69 Å². The predicted molar refractivity (Wildman–Crippen MR) is 228 cm³/mol. The van der Waals surface area contributed by atoms with Crippen LogP contribution >= 0.6 is 0 Å². The highest BCUT2D eigenvalue weighted by molar-refractivity contribution is 6.29. The van der Waals surface area contributed by atoms with Crippen molar-refractivity contribution in [2.24, 2.45) is 0 Å². The van der Waals surface area contributed by atoms with Crippen molar-refractivity contribution in [1.82, 2.24) is 13.7 Å². The van der Waals surface area contributed by atoms with Gasteiger partial charge >= 0.3 is 0 Å². The summed E-state index contributed by atoms with van der Waals surface area (Å²) in [6.45, 7) is 7.92. The first-order chi connectivity index (χ1) is 27.7. The van der Waals surface area contributed by atoms with Gasteiger partial charge < -0.3 is 18.1 Å². The second-order valence-corrected chi connectivity index (χ2v) is 14.3. The molecule has 0 aliphatic carbocycles. The standard InChI is InChI=1S/C50H27N5O/c1-52-31-16-20-44-40(26-31)50-46(22-21-45-49(50)36-12-6-8-14-42(36)53(45)32-9-3-2-4-10-32)55(44)34-18-24-48-39(28-34)38-27-33(17-23-47(38)56-48)54-41-13-7-5-11-35(41)37-25-30(29-51)15-19-43(37)54/h2-28H. The zero-order valence-electron chi connectivity index (χ0n) is 29.7. The van der Waals surface area contributed by atoms with E-state index in [0.717, 1.165) is 93.6 Å². The van der Waals surface area contributed by atoms with Crippen molar-refractivity contribution >= 4 is 93.0 Å². The Balaban J connectivity index is 1.13. The molecule has 8 aromatic carbocycles. The molecule has 4 heterocycles. The molecular weight excluding hydrogens is 687 g/mol. The fourth-order valence-corrected chi connectivity index (χ4v) is 9.11. The SMILES string of the molecule is [C-]#[N+]c1ccc2c(c1)c1c3c4ccccc4n(-c4ccccc4)c3ccc1n2-c1ccc2oc3ccc(-n4c5ccccc5c5cc(C#N)ccc54)cc3c2c1. The molecule has 0 N–H and O–H groups in total. The van der Waals surface area contributed by atoms with Gasteiger partial charge in [0, 0.05) is 54.8 Å². The van der Waals surface area contributed by atoms with E-state index in [1.807, 2.05) is 42.5 Å². The molecule has 0 aliphatic rings. The van der Waals surface area contributed by atoms with E-state index >= 15 is 0 Å². The Morgan fingerprint density at radius 2 is 0.964 bits per heavy atom. The summed E-state index contributed by atoms with van der Waals surface area (Å²) in [6, 6.07) is 59.0. The maximum absolute atomic E-state index is 9.67. The first-order valence-corrected chi connectivity index (χ1v) is 18.5. The largest absolute Gasteiger partial charge is 0.456 e. The third-order valence-corrected chi connectivity index (χ3v) is 11.4. The van der Waals surface area contributed by atoms with Crippen molar-refractivity contribution in [2.75, 3.05) is 0 Å². The van der Waals surface area contributed by atoms with Gasteiger partial charge in [0.25, 0.3) is 0 Å². The molecule has 6 heteroatoms. The Morgan fingerprint density at radius 3 is 1.66 bits per heavy atom. The van der Waals surface area contributed by atoms with E-state index in [2.05, 4.69) is 146 Å². The zero-order valence-corrected chi connectivity index (χ0v) is 29.7. The van der Waals surface area contributed by atoms with E-state index in [-0.39, 0.29) is 0 Å². The van der Waals surface area contributed by atoms with Crippen LogP contribution in [0.5, 0.6) is 0 Å². The molecule has 12 aromatic rings. The quantitative estimate of drug-likeness (QED) is 0.171. The number of aromatic nitrogens is 3. The molecule has 0 amide bonds. The highest BCUT2D eigenvalue weighted by atomic mass is 16.3. The van der Waals surface area contributed by atoms with Crippen molar-refractivity contribution in [3.8, 4) is 23.1 Å². The van der Waals surface area contributed by atoms with Crippen molar-refractivity contribution in [3.05, 3.63) is 181 Å². The summed E-state index contributed by atoms with van der Waals surface area (Å²) in [5, 5.41) is 18.4. The number of rotatable bonds is 3.